The number of aliphatic hydroxyl groups is 2. The van der Waals surface area contributed by atoms with Gasteiger partial charge in [0.05, 0.1) is 12.2 Å². The fourth-order valence-electron chi connectivity index (χ4n) is 1.91. The summed E-state index contributed by atoms with van der Waals surface area (Å²) in [5.74, 6) is -1.69. The summed E-state index contributed by atoms with van der Waals surface area (Å²) in [5, 5.41) is 36.3. The minimum absolute atomic E-state index is 0.0589. The summed E-state index contributed by atoms with van der Waals surface area (Å²) < 4.78 is 0. The molecule has 0 spiro atoms. The van der Waals surface area contributed by atoms with Crippen molar-refractivity contribution >= 4 is 11.9 Å². The molecule has 0 saturated carbocycles. The summed E-state index contributed by atoms with van der Waals surface area (Å²) in [5.41, 5.74) is 0. The second kappa shape index (κ2) is 14.7. The smallest absolute Gasteiger partial charge is 0.303 e. The van der Waals surface area contributed by atoms with Crippen molar-refractivity contribution in [1.82, 2.24) is 0 Å². The van der Waals surface area contributed by atoms with Crippen molar-refractivity contribution < 1.29 is 30.0 Å². The Morgan fingerprint density at radius 1 is 0.833 bits per heavy atom. The van der Waals surface area contributed by atoms with Gasteiger partial charge in [-0.1, -0.05) is 36.5 Å². The van der Waals surface area contributed by atoms with E-state index in [1.165, 1.54) is 0 Å². The molecule has 0 aliphatic heterocycles. The Hall–Kier alpha value is -1.92. The Bertz CT molecular complexity index is 439. The van der Waals surface area contributed by atoms with Gasteiger partial charge in [0.15, 0.2) is 0 Å². The van der Waals surface area contributed by atoms with Crippen LogP contribution >= 0.6 is 0 Å². The number of aliphatic carboxylic acids is 2. The van der Waals surface area contributed by atoms with Gasteiger partial charge in [0.25, 0.3) is 0 Å². The zero-order chi connectivity index (χ0) is 18.2. The highest BCUT2D eigenvalue weighted by atomic mass is 16.4. The summed E-state index contributed by atoms with van der Waals surface area (Å²) in [6.45, 7) is 0. The van der Waals surface area contributed by atoms with E-state index in [0.717, 1.165) is 0 Å². The van der Waals surface area contributed by atoms with Crippen molar-refractivity contribution in [2.75, 3.05) is 0 Å². The summed E-state index contributed by atoms with van der Waals surface area (Å²) in [6.07, 6.45) is 12.8. The molecule has 0 radical (unpaired) electrons. The molecule has 2 atom stereocenters. The predicted octanol–water partition coefficient (Wildman–Crippen LogP) is 2.67. The second-order valence-corrected chi connectivity index (χ2v) is 5.54. The number of rotatable bonds is 14. The van der Waals surface area contributed by atoms with Gasteiger partial charge < -0.3 is 20.4 Å². The van der Waals surface area contributed by atoms with Gasteiger partial charge in [-0.05, 0) is 38.5 Å². The van der Waals surface area contributed by atoms with Gasteiger partial charge in [-0.3, -0.25) is 9.59 Å². The predicted molar refractivity (Wildman–Crippen MR) is 91.6 cm³/mol. The van der Waals surface area contributed by atoms with E-state index in [2.05, 4.69) is 0 Å². The Kier molecular flexibility index (Phi) is 13.5. The number of hydrogen-bond acceptors (Lipinski definition) is 4. The number of aliphatic hydroxyl groups excluding tert-OH is 2. The lowest BCUT2D eigenvalue weighted by Gasteiger charge is -2.05. The third-order valence-corrected chi connectivity index (χ3v) is 3.24. The molecule has 0 unspecified atom stereocenters. The van der Waals surface area contributed by atoms with Crippen LogP contribution in [-0.2, 0) is 9.59 Å². The maximum Gasteiger partial charge on any atom is 0.303 e. The quantitative estimate of drug-likeness (QED) is 0.285. The average Bonchev–Trinajstić information content (AvgIpc) is 2.49. The van der Waals surface area contributed by atoms with Gasteiger partial charge in [0.2, 0.25) is 0 Å². The van der Waals surface area contributed by atoms with Crippen LogP contribution in [0.2, 0.25) is 0 Å². The van der Waals surface area contributed by atoms with E-state index in [0.29, 0.717) is 38.5 Å². The van der Waals surface area contributed by atoms with E-state index >= 15 is 0 Å². The van der Waals surface area contributed by atoms with Gasteiger partial charge in [-0.2, -0.15) is 0 Å². The molecule has 6 nitrogen and oxygen atoms in total. The van der Waals surface area contributed by atoms with Crippen molar-refractivity contribution in [1.29, 1.82) is 0 Å². The third-order valence-electron chi connectivity index (χ3n) is 3.24. The van der Waals surface area contributed by atoms with Crippen LogP contribution in [0, 0.1) is 0 Å². The number of carbonyl (C=O) groups is 2. The van der Waals surface area contributed by atoms with Gasteiger partial charge in [0, 0.05) is 12.8 Å². The van der Waals surface area contributed by atoms with E-state index < -0.39 is 24.1 Å². The molecule has 0 amide bonds. The standard InChI is InChI=1S/C18H28O6/c19-15(11-6-3-7-13-17(21)22)9-4-1-2-5-10-16(20)12-8-14-18(23)24/h1-3,5-6,10,15-16,19-20H,4,7-9,11-14H2,(H,21,22)(H,23,24)/b2-1+,6-3-,10-5-/t15-,16-/m0/s1. The van der Waals surface area contributed by atoms with E-state index in [1.807, 2.05) is 6.08 Å². The lowest BCUT2D eigenvalue weighted by atomic mass is 10.1. The molecule has 0 aliphatic carbocycles. The van der Waals surface area contributed by atoms with Crippen LogP contribution in [0.15, 0.2) is 36.5 Å². The van der Waals surface area contributed by atoms with Crippen molar-refractivity contribution in [2.24, 2.45) is 0 Å². The maximum atomic E-state index is 10.3. The van der Waals surface area contributed by atoms with Crippen LogP contribution < -0.4 is 0 Å². The number of carboxylic acid groups (broad SMARTS) is 2. The Morgan fingerprint density at radius 2 is 1.54 bits per heavy atom. The van der Waals surface area contributed by atoms with Crippen LogP contribution in [0.3, 0.4) is 0 Å². The molecule has 0 rings (SSSR count). The lowest BCUT2D eigenvalue weighted by molar-refractivity contribution is -0.138. The first-order valence-corrected chi connectivity index (χ1v) is 8.20. The molecule has 24 heavy (non-hydrogen) atoms. The van der Waals surface area contributed by atoms with Crippen molar-refractivity contribution in [3.8, 4) is 0 Å². The number of allylic oxidation sites excluding steroid dienone is 4. The molecule has 0 aromatic carbocycles. The van der Waals surface area contributed by atoms with Gasteiger partial charge >= 0.3 is 11.9 Å². The van der Waals surface area contributed by atoms with Gasteiger partial charge in [-0.25, -0.2) is 0 Å². The van der Waals surface area contributed by atoms with Crippen molar-refractivity contribution in [3.05, 3.63) is 36.5 Å². The molecule has 136 valence electrons. The normalized spacial score (nSPS) is 14.6. The van der Waals surface area contributed by atoms with E-state index in [-0.39, 0.29) is 12.8 Å². The zero-order valence-electron chi connectivity index (χ0n) is 13.9. The molecule has 0 aromatic rings. The molecule has 6 heteroatoms. The molecule has 0 aliphatic rings. The fraction of sp³-hybridized carbons (Fsp3) is 0.556. The minimum atomic E-state index is -0.860. The molecule has 0 heterocycles. The monoisotopic (exact) mass is 340 g/mol. The van der Waals surface area contributed by atoms with E-state index in [1.54, 1.807) is 30.4 Å². The van der Waals surface area contributed by atoms with Crippen LogP contribution in [0.1, 0.15) is 51.4 Å². The molecule has 4 N–H and O–H groups in total. The third kappa shape index (κ3) is 16.5. The highest BCUT2D eigenvalue weighted by molar-refractivity contribution is 5.67. The van der Waals surface area contributed by atoms with Crippen LogP contribution in [0.5, 0.6) is 0 Å². The Morgan fingerprint density at radius 3 is 2.21 bits per heavy atom. The van der Waals surface area contributed by atoms with Gasteiger partial charge in [0.1, 0.15) is 0 Å². The van der Waals surface area contributed by atoms with Crippen LogP contribution in [0.4, 0.5) is 0 Å². The minimum Gasteiger partial charge on any atom is -0.481 e. The number of hydrogen-bond donors (Lipinski definition) is 4. The van der Waals surface area contributed by atoms with Crippen molar-refractivity contribution in [2.45, 2.75) is 63.6 Å². The SMILES string of the molecule is O=C(O)CC/C=C\C[C@@H](O)CC/C=C/C=C\[C@H](O)CCCC(=O)O. The highest BCUT2D eigenvalue weighted by Crippen LogP contribution is 2.05. The van der Waals surface area contributed by atoms with Crippen molar-refractivity contribution in [3.63, 3.8) is 0 Å². The molecular weight excluding hydrogens is 312 g/mol. The molecule has 0 fully saturated rings. The van der Waals surface area contributed by atoms with Crippen LogP contribution in [0.25, 0.3) is 0 Å². The molecule has 0 aromatic heterocycles. The zero-order valence-corrected chi connectivity index (χ0v) is 13.9. The topological polar surface area (TPSA) is 115 Å². The first kappa shape index (κ1) is 22.1. The first-order chi connectivity index (χ1) is 11.4. The lowest BCUT2D eigenvalue weighted by Crippen LogP contribution is -2.04. The molecule has 0 bridgehead atoms. The summed E-state index contributed by atoms with van der Waals surface area (Å²) in [7, 11) is 0. The molecule has 0 saturated heterocycles. The van der Waals surface area contributed by atoms with E-state index in [4.69, 9.17) is 10.2 Å². The summed E-state index contributed by atoms with van der Waals surface area (Å²) in [4.78, 5) is 20.6. The highest BCUT2D eigenvalue weighted by Gasteiger charge is 2.01. The molecular formula is C18H28O6. The Balaban J connectivity index is 3.70. The van der Waals surface area contributed by atoms with E-state index in [9.17, 15) is 19.8 Å². The summed E-state index contributed by atoms with van der Waals surface area (Å²) >= 11 is 0. The first-order valence-electron chi connectivity index (χ1n) is 8.20. The van der Waals surface area contributed by atoms with Gasteiger partial charge in [-0.15, -0.1) is 0 Å². The summed E-state index contributed by atoms with van der Waals surface area (Å²) in [6, 6.07) is 0. The maximum absolute atomic E-state index is 10.3. The Labute approximate surface area is 142 Å². The average molecular weight is 340 g/mol. The largest absolute Gasteiger partial charge is 0.481 e. The second-order valence-electron chi connectivity index (χ2n) is 5.54. The van der Waals surface area contributed by atoms with Crippen LogP contribution in [-0.4, -0.2) is 44.6 Å². The fourth-order valence-corrected chi connectivity index (χ4v) is 1.91. The number of carboxylic acids is 2.